The summed E-state index contributed by atoms with van der Waals surface area (Å²) in [5.74, 6) is 0.631. The van der Waals surface area contributed by atoms with E-state index >= 15 is 0 Å². The van der Waals surface area contributed by atoms with Gasteiger partial charge in [-0.1, -0.05) is 11.6 Å². The van der Waals surface area contributed by atoms with Crippen molar-refractivity contribution >= 4 is 0 Å². The largest absolute Gasteiger partial charge is 0.496 e. The molecular weight excluding hydrogens is 178 g/mol. The quantitative estimate of drug-likeness (QED) is 0.741. The third kappa shape index (κ3) is 2.24. The van der Waals surface area contributed by atoms with E-state index in [1.807, 2.05) is 19.1 Å². The summed E-state index contributed by atoms with van der Waals surface area (Å²) in [7, 11) is 1.55. The summed E-state index contributed by atoms with van der Waals surface area (Å²) in [6.45, 7) is 8.70. The van der Waals surface area contributed by atoms with Gasteiger partial charge in [-0.05, 0) is 19.1 Å². The Bertz CT molecular complexity index is 355. The van der Waals surface area contributed by atoms with Gasteiger partial charge in [0.15, 0.2) is 6.10 Å². The molecule has 3 nitrogen and oxygen atoms in total. The standard InChI is InChI=1S/C11H13NO2/c1-8-4-5-11(14-3)9(6-8)10(13)7-12-2/h4-6,10,13H,7H2,1,3H3. The van der Waals surface area contributed by atoms with Gasteiger partial charge in [-0.25, -0.2) is 6.57 Å². The fraction of sp³-hybridized carbons (Fsp3) is 0.364. The first-order chi connectivity index (χ1) is 6.69. The van der Waals surface area contributed by atoms with Crippen molar-refractivity contribution in [3.8, 4) is 5.75 Å². The maximum atomic E-state index is 9.66. The van der Waals surface area contributed by atoms with E-state index in [2.05, 4.69) is 4.85 Å². The van der Waals surface area contributed by atoms with Gasteiger partial charge < -0.3 is 14.7 Å². The molecule has 1 unspecified atom stereocenters. The number of hydrogen-bond donors (Lipinski definition) is 1. The first kappa shape index (κ1) is 10.6. The van der Waals surface area contributed by atoms with E-state index in [1.165, 1.54) is 0 Å². The molecule has 0 bridgehead atoms. The number of aryl methyl sites for hydroxylation is 1. The van der Waals surface area contributed by atoms with Crippen LogP contribution in [0.5, 0.6) is 5.75 Å². The van der Waals surface area contributed by atoms with Gasteiger partial charge in [0.05, 0.1) is 7.11 Å². The molecule has 1 aromatic carbocycles. The Morgan fingerprint density at radius 1 is 1.57 bits per heavy atom. The van der Waals surface area contributed by atoms with Crippen LogP contribution in [-0.4, -0.2) is 18.8 Å². The second kappa shape index (κ2) is 4.64. The van der Waals surface area contributed by atoms with E-state index in [9.17, 15) is 5.11 Å². The van der Waals surface area contributed by atoms with Crippen LogP contribution in [0, 0.1) is 13.5 Å². The van der Waals surface area contributed by atoms with Crippen molar-refractivity contribution in [2.24, 2.45) is 0 Å². The molecule has 0 saturated heterocycles. The summed E-state index contributed by atoms with van der Waals surface area (Å²) in [6, 6.07) is 5.55. The van der Waals surface area contributed by atoms with Crippen LogP contribution < -0.4 is 4.74 Å². The molecule has 74 valence electrons. The lowest BCUT2D eigenvalue weighted by molar-refractivity contribution is 0.190. The predicted octanol–water partition coefficient (Wildman–Crippen LogP) is 1.96. The number of methoxy groups -OCH3 is 1. The highest BCUT2D eigenvalue weighted by Crippen LogP contribution is 2.26. The number of hydrogen-bond acceptors (Lipinski definition) is 2. The topological polar surface area (TPSA) is 33.8 Å². The highest BCUT2D eigenvalue weighted by molar-refractivity contribution is 5.38. The van der Waals surface area contributed by atoms with E-state index in [-0.39, 0.29) is 6.54 Å². The minimum atomic E-state index is -0.762. The average Bonchev–Trinajstić information content (AvgIpc) is 2.18. The first-order valence-electron chi connectivity index (χ1n) is 4.35. The molecule has 0 fully saturated rings. The Morgan fingerprint density at radius 3 is 2.86 bits per heavy atom. The van der Waals surface area contributed by atoms with Crippen LogP contribution in [0.1, 0.15) is 17.2 Å². The summed E-state index contributed by atoms with van der Waals surface area (Å²) in [5, 5.41) is 9.66. The number of rotatable bonds is 3. The van der Waals surface area contributed by atoms with Gasteiger partial charge in [0.2, 0.25) is 6.54 Å². The summed E-state index contributed by atoms with van der Waals surface area (Å²) in [4.78, 5) is 3.16. The number of ether oxygens (including phenoxy) is 1. The molecule has 1 rings (SSSR count). The zero-order valence-electron chi connectivity index (χ0n) is 8.32. The number of benzene rings is 1. The average molecular weight is 191 g/mol. The fourth-order valence-electron chi connectivity index (χ4n) is 1.30. The molecule has 0 spiro atoms. The Labute approximate surface area is 83.8 Å². The Balaban J connectivity index is 3.04. The van der Waals surface area contributed by atoms with E-state index < -0.39 is 6.10 Å². The molecule has 0 amide bonds. The number of aliphatic hydroxyl groups excluding tert-OH is 1. The third-order valence-electron chi connectivity index (χ3n) is 2.01. The van der Waals surface area contributed by atoms with Gasteiger partial charge in [-0.15, -0.1) is 0 Å². The predicted molar refractivity (Wildman–Crippen MR) is 54.2 cm³/mol. The molecular formula is C11H13NO2. The molecule has 1 N–H and O–H groups in total. The van der Waals surface area contributed by atoms with Gasteiger partial charge in [-0.3, -0.25) is 0 Å². The Hall–Kier alpha value is -1.53. The molecule has 0 aromatic heterocycles. The summed E-state index contributed by atoms with van der Waals surface area (Å²) >= 11 is 0. The van der Waals surface area contributed by atoms with Gasteiger partial charge in [0.1, 0.15) is 5.75 Å². The van der Waals surface area contributed by atoms with Crippen molar-refractivity contribution in [1.82, 2.24) is 0 Å². The first-order valence-corrected chi connectivity index (χ1v) is 4.35. The van der Waals surface area contributed by atoms with E-state index in [1.54, 1.807) is 13.2 Å². The van der Waals surface area contributed by atoms with Crippen LogP contribution in [-0.2, 0) is 0 Å². The van der Waals surface area contributed by atoms with Crippen molar-refractivity contribution in [3.05, 3.63) is 40.7 Å². The second-order valence-electron chi connectivity index (χ2n) is 3.10. The van der Waals surface area contributed by atoms with Gasteiger partial charge in [-0.2, -0.15) is 0 Å². The van der Waals surface area contributed by atoms with E-state index in [0.717, 1.165) is 5.56 Å². The van der Waals surface area contributed by atoms with Crippen molar-refractivity contribution in [2.75, 3.05) is 13.7 Å². The second-order valence-corrected chi connectivity index (χ2v) is 3.10. The molecule has 0 aliphatic heterocycles. The molecule has 14 heavy (non-hydrogen) atoms. The molecule has 3 heteroatoms. The number of nitrogens with zero attached hydrogens (tertiary/aromatic N) is 1. The zero-order valence-corrected chi connectivity index (χ0v) is 8.32. The van der Waals surface area contributed by atoms with Crippen LogP contribution in [0.25, 0.3) is 4.85 Å². The smallest absolute Gasteiger partial charge is 0.244 e. The minimum absolute atomic E-state index is 0.0693. The lowest BCUT2D eigenvalue weighted by Crippen LogP contribution is -2.03. The van der Waals surface area contributed by atoms with Crippen LogP contribution in [0.15, 0.2) is 18.2 Å². The lowest BCUT2D eigenvalue weighted by atomic mass is 10.1. The Morgan fingerprint density at radius 2 is 2.29 bits per heavy atom. The summed E-state index contributed by atoms with van der Waals surface area (Å²) in [6.07, 6.45) is -0.762. The maximum Gasteiger partial charge on any atom is 0.244 e. The normalized spacial score (nSPS) is 11.9. The highest BCUT2D eigenvalue weighted by atomic mass is 16.5. The Kier molecular flexibility index (Phi) is 3.49. The van der Waals surface area contributed by atoms with Crippen LogP contribution in [0.2, 0.25) is 0 Å². The van der Waals surface area contributed by atoms with Crippen LogP contribution in [0.4, 0.5) is 0 Å². The molecule has 0 heterocycles. The SMILES string of the molecule is [C-]#[N+]CC(O)c1cc(C)ccc1OC. The van der Waals surface area contributed by atoms with Crippen LogP contribution >= 0.6 is 0 Å². The molecule has 0 radical (unpaired) electrons. The maximum absolute atomic E-state index is 9.66. The fourth-order valence-corrected chi connectivity index (χ4v) is 1.30. The summed E-state index contributed by atoms with van der Waals surface area (Å²) in [5.41, 5.74) is 1.73. The van der Waals surface area contributed by atoms with Crippen LogP contribution in [0.3, 0.4) is 0 Å². The molecule has 1 atom stereocenters. The van der Waals surface area contributed by atoms with E-state index in [0.29, 0.717) is 11.3 Å². The molecule has 1 aromatic rings. The number of aliphatic hydroxyl groups is 1. The zero-order chi connectivity index (χ0) is 10.6. The van der Waals surface area contributed by atoms with E-state index in [4.69, 9.17) is 11.3 Å². The molecule has 0 saturated carbocycles. The van der Waals surface area contributed by atoms with Gasteiger partial charge >= 0.3 is 0 Å². The van der Waals surface area contributed by atoms with Gasteiger partial charge in [0, 0.05) is 5.56 Å². The van der Waals surface area contributed by atoms with Crippen molar-refractivity contribution in [2.45, 2.75) is 13.0 Å². The van der Waals surface area contributed by atoms with Gasteiger partial charge in [0.25, 0.3) is 0 Å². The third-order valence-corrected chi connectivity index (χ3v) is 2.01. The monoisotopic (exact) mass is 191 g/mol. The highest BCUT2D eigenvalue weighted by Gasteiger charge is 2.15. The lowest BCUT2D eigenvalue weighted by Gasteiger charge is -2.11. The molecule has 0 aliphatic rings. The summed E-state index contributed by atoms with van der Waals surface area (Å²) < 4.78 is 5.10. The molecule has 0 aliphatic carbocycles. The minimum Gasteiger partial charge on any atom is -0.496 e. The van der Waals surface area contributed by atoms with Crippen molar-refractivity contribution in [1.29, 1.82) is 0 Å². The van der Waals surface area contributed by atoms with Crippen molar-refractivity contribution < 1.29 is 9.84 Å². The van der Waals surface area contributed by atoms with Crippen molar-refractivity contribution in [3.63, 3.8) is 0 Å².